The Morgan fingerprint density at radius 1 is 1.08 bits per heavy atom. The van der Waals surface area contributed by atoms with Crippen molar-refractivity contribution in [2.45, 2.75) is 13.0 Å². The molecule has 0 radical (unpaired) electrons. The SMILES string of the molecule is COc1ccc(CNC(=O)C(=O)NCCc2ccco2)c(OC)c1. The molecular weight excluding hydrogens is 312 g/mol. The maximum absolute atomic E-state index is 11.8. The lowest BCUT2D eigenvalue weighted by atomic mass is 10.2. The van der Waals surface area contributed by atoms with Gasteiger partial charge in [-0.2, -0.15) is 0 Å². The van der Waals surface area contributed by atoms with Crippen LogP contribution in [0.25, 0.3) is 0 Å². The number of hydrogen-bond donors (Lipinski definition) is 2. The lowest BCUT2D eigenvalue weighted by Gasteiger charge is -2.11. The fourth-order valence-corrected chi connectivity index (χ4v) is 2.09. The molecule has 1 heterocycles. The van der Waals surface area contributed by atoms with E-state index in [1.54, 1.807) is 37.6 Å². The zero-order valence-electron chi connectivity index (χ0n) is 13.6. The highest BCUT2D eigenvalue weighted by Crippen LogP contribution is 2.24. The molecule has 7 nitrogen and oxygen atoms in total. The fourth-order valence-electron chi connectivity index (χ4n) is 2.09. The van der Waals surface area contributed by atoms with Crippen LogP contribution in [0.15, 0.2) is 41.0 Å². The van der Waals surface area contributed by atoms with Crippen LogP contribution in [-0.4, -0.2) is 32.6 Å². The molecule has 2 amide bonds. The Balaban J connectivity index is 1.80. The van der Waals surface area contributed by atoms with Crippen molar-refractivity contribution in [3.8, 4) is 11.5 Å². The molecule has 24 heavy (non-hydrogen) atoms. The third kappa shape index (κ3) is 4.77. The molecule has 2 rings (SSSR count). The number of carbonyl (C=O) groups is 2. The van der Waals surface area contributed by atoms with E-state index in [2.05, 4.69) is 10.6 Å². The van der Waals surface area contributed by atoms with Crippen molar-refractivity contribution in [2.75, 3.05) is 20.8 Å². The van der Waals surface area contributed by atoms with Crippen molar-refractivity contribution in [3.05, 3.63) is 47.9 Å². The molecule has 7 heteroatoms. The van der Waals surface area contributed by atoms with Crippen LogP contribution in [0.1, 0.15) is 11.3 Å². The first-order chi connectivity index (χ1) is 11.6. The van der Waals surface area contributed by atoms with Crippen molar-refractivity contribution in [3.63, 3.8) is 0 Å². The zero-order chi connectivity index (χ0) is 17.4. The first kappa shape index (κ1) is 17.4. The second-order valence-electron chi connectivity index (χ2n) is 4.95. The summed E-state index contributed by atoms with van der Waals surface area (Å²) in [4.78, 5) is 23.6. The number of furan rings is 1. The van der Waals surface area contributed by atoms with Gasteiger partial charge in [-0.15, -0.1) is 0 Å². The third-order valence-electron chi connectivity index (χ3n) is 3.38. The van der Waals surface area contributed by atoms with Gasteiger partial charge in [0.15, 0.2) is 0 Å². The number of amides is 2. The first-order valence-corrected chi connectivity index (χ1v) is 7.43. The van der Waals surface area contributed by atoms with Crippen molar-refractivity contribution < 1.29 is 23.5 Å². The lowest BCUT2D eigenvalue weighted by Crippen LogP contribution is -2.40. The summed E-state index contributed by atoms with van der Waals surface area (Å²) in [6, 6.07) is 8.82. The third-order valence-corrected chi connectivity index (χ3v) is 3.38. The molecule has 0 saturated carbocycles. The van der Waals surface area contributed by atoms with Gasteiger partial charge in [-0.1, -0.05) is 0 Å². The van der Waals surface area contributed by atoms with Crippen LogP contribution in [0.5, 0.6) is 11.5 Å². The number of benzene rings is 1. The van der Waals surface area contributed by atoms with E-state index < -0.39 is 11.8 Å². The number of rotatable bonds is 7. The molecule has 0 fully saturated rings. The molecule has 2 aromatic rings. The number of ether oxygens (including phenoxy) is 2. The summed E-state index contributed by atoms with van der Waals surface area (Å²) >= 11 is 0. The van der Waals surface area contributed by atoms with Crippen LogP contribution in [0.2, 0.25) is 0 Å². The molecule has 128 valence electrons. The van der Waals surface area contributed by atoms with Gasteiger partial charge in [-0.25, -0.2) is 0 Å². The standard InChI is InChI=1S/C17H20N2O5/c1-22-14-6-5-12(15(10-14)23-2)11-19-17(21)16(20)18-8-7-13-4-3-9-24-13/h3-6,9-10H,7-8,11H2,1-2H3,(H,18,20)(H,19,21). The number of carbonyl (C=O) groups excluding carboxylic acids is 2. The smallest absolute Gasteiger partial charge is 0.309 e. The van der Waals surface area contributed by atoms with Crippen molar-refractivity contribution >= 4 is 11.8 Å². The quantitative estimate of drug-likeness (QED) is 0.745. The van der Waals surface area contributed by atoms with Gasteiger partial charge in [0.25, 0.3) is 0 Å². The van der Waals surface area contributed by atoms with Crippen LogP contribution in [0, 0.1) is 0 Å². The monoisotopic (exact) mass is 332 g/mol. The predicted octanol–water partition coefficient (Wildman–Crippen LogP) is 1.27. The average molecular weight is 332 g/mol. The average Bonchev–Trinajstić information content (AvgIpc) is 3.12. The Hall–Kier alpha value is -2.96. The molecule has 0 saturated heterocycles. The predicted molar refractivity (Wildman–Crippen MR) is 86.8 cm³/mol. The summed E-state index contributed by atoms with van der Waals surface area (Å²) < 4.78 is 15.5. The summed E-state index contributed by atoms with van der Waals surface area (Å²) in [6.07, 6.45) is 2.09. The van der Waals surface area contributed by atoms with E-state index in [0.29, 0.717) is 24.5 Å². The molecule has 0 unspecified atom stereocenters. The van der Waals surface area contributed by atoms with Gasteiger partial charge >= 0.3 is 11.8 Å². The lowest BCUT2D eigenvalue weighted by molar-refractivity contribution is -0.139. The Kier molecular flexibility index (Phi) is 6.24. The van der Waals surface area contributed by atoms with Crippen LogP contribution in [0.4, 0.5) is 0 Å². The maximum Gasteiger partial charge on any atom is 0.309 e. The van der Waals surface area contributed by atoms with Crippen LogP contribution in [0.3, 0.4) is 0 Å². The second-order valence-corrected chi connectivity index (χ2v) is 4.95. The van der Waals surface area contributed by atoms with E-state index in [-0.39, 0.29) is 6.54 Å². The van der Waals surface area contributed by atoms with Gasteiger partial charge in [0, 0.05) is 31.1 Å². The van der Waals surface area contributed by atoms with Crippen LogP contribution >= 0.6 is 0 Å². The molecule has 1 aromatic carbocycles. The minimum Gasteiger partial charge on any atom is -0.497 e. The maximum atomic E-state index is 11.8. The van der Waals surface area contributed by atoms with E-state index in [1.165, 1.54) is 7.11 Å². The molecule has 0 aliphatic carbocycles. The molecule has 0 aliphatic rings. The molecule has 0 aliphatic heterocycles. The number of nitrogens with one attached hydrogen (secondary N) is 2. The van der Waals surface area contributed by atoms with Crippen molar-refractivity contribution in [1.82, 2.24) is 10.6 Å². The van der Waals surface area contributed by atoms with Crippen molar-refractivity contribution in [1.29, 1.82) is 0 Å². The highest BCUT2D eigenvalue weighted by Gasteiger charge is 2.14. The fraction of sp³-hybridized carbons (Fsp3) is 0.294. The zero-order valence-corrected chi connectivity index (χ0v) is 13.6. The van der Waals surface area contributed by atoms with E-state index in [9.17, 15) is 9.59 Å². The van der Waals surface area contributed by atoms with Gasteiger partial charge in [-0.05, 0) is 24.3 Å². The van der Waals surface area contributed by atoms with Gasteiger partial charge < -0.3 is 24.5 Å². The number of methoxy groups -OCH3 is 2. The normalized spacial score (nSPS) is 10.1. The van der Waals surface area contributed by atoms with Crippen molar-refractivity contribution in [2.24, 2.45) is 0 Å². The summed E-state index contributed by atoms with van der Waals surface area (Å²) in [6.45, 7) is 0.503. The van der Waals surface area contributed by atoms with E-state index >= 15 is 0 Å². The molecular formula is C17H20N2O5. The van der Waals surface area contributed by atoms with Gasteiger partial charge in [0.2, 0.25) is 0 Å². The molecule has 0 spiro atoms. The first-order valence-electron chi connectivity index (χ1n) is 7.43. The molecule has 0 atom stereocenters. The Bertz CT molecular complexity index is 682. The molecule has 0 bridgehead atoms. The molecule has 1 aromatic heterocycles. The summed E-state index contributed by atoms with van der Waals surface area (Å²) in [5.41, 5.74) is 0.745. The largest absolute Gasteiger partial charge is 0.497 e. The Morgan fingerprint density at radius 3 is 2.54 bits per heavy atom. The highest BCUT2D eigenvalue weighted by molar-refractivity contribution is 6.35. The van der Waals surface area contributed by atoms with Gasteiger partial charge in [-0.3, -0.25) is 9.59 Å². The van der Waals surface area contributed by atoms with E-state index in [1.807, 2.05) is 6.07 Å². The highest BCUT2D eigenvalue weighted by atomic mass is 16.5. The van der Waals surface area contributed by atoms with E-state index in [0.717, 1.165) is 11.3 Å². The Labute approximate surface area is 139 Å². The summed E-state index contributed by atoms with van der Waals surface area (Å²) in [5.74, 6) is 0.588. The minimum absolute atomic E-state index is 0.178. The van der Waals surface area contributed by atoms with Crippen LogP contribution in [-0.2, 0) is 22.6 Å². The summed E-state index contributed by atoms with van der Waals surface area (Å²) in [7, 11) is 3.09. The van der Waals surface area contributed by atoms with Crippen LogP contribution < -0.4 is 20.1 Å². The molecule has 2 N–H and O–H groups in total. The topological polar surface area (TPSA) is 89.8 Å². The Morgan fingerprint density at radius 2 is 1.88 bits per heavy atom. The van der Waals surface area contributed by atoms with Gasteiger partial charge in [0.1, 0.15) is 17.3 Å². The second kappa shape index (κ2) is 8.61. The van der Waals surface area contributed by atoms with E-state index in [4.69, 9.17) is 13.9 Å². The van der Waals surface area contributed by atoms with Gasteiger partial charge in [0.05, 0.1) is 20.5 Å². The minimum atomic E-state index is -0.702. The number of hydrogen-bond acceptors (Lipinski definition) is 5. The summed E-state index contributed by atoms with van der Waals surface area (Å²) in [5, 5.41) is 5.10.